The van der Waals surface area contributed by atoms with Gasteiger partial charge in [-0.1, -0.05) is 6.07 Å². The Morgan fingerprint density at radius 2 is 1.95 bits per heavy atom. The topological polar surface area (TPSA) is 59.8 Å². The molecule has 0 aliphatic rings. The van der Waals surface area contributed by atoms with Gasteiger partial charge in [-0.2, -0.15) is 0 Å². The molecule has 5 nitrogen and oxygen atoms in total. The van der Waals surface area contributed by atoms with Crippen LogP contribution in [0.4, 0.5) is 5.69 Å². The molecule has 0 aliphatic carbocycles. The Morgan fingerprint density at radius 1 is 1.20 bits per heavy atom. The lowest BCUT2D eigenvalue weighted by molar-refractivity contribution is 0.102. The van der Waals surface area contributed by atoms with Crippen molar-refractivity contribution < 1.29 is 4.79 Å². The highest BCUT2D eigenvalue weighted by molar-refractivity contribution is 6.06. The zero-order valence-corrected chi connectivity index (χ0v) is 11.3. The largest absolute Gasteiger partial charge is 0.351 e. The fourth-order valence-corrected chi connectivity index (χ4v) is 2.06. The number of fused-ring (bicyclic) bond motifs is 1. The number of nitrogens with zero attached hydrogens (tertiary/aromatic N) is 3. The van der Waals surface area contributed by atoms with Crippen molar-refractivity contribution in [3.63, 3.8) is 0 Å². The van der Waals surface area contributed by atoms with E-state index in [1.165, 1.54) is 0 Å². The van der Waals surface area contributed by atoms with Gasteiger partial charge in [0.1, 0.15) is 5.82 Å². The van der Waals surface area contributed by atoms with Crippen LogP contribution < -0.4 is 5.32 Å². The Labute approximate surface area is 116 Å². The molecule has 100 valence electrons. The van der Waals surface area contributed by atoms with E-state index in [9.17, 15) is 4.79 Å². The van der Waals surface area contributed by atoms with Crippen molar-refractivity contribution in [3.8, 4) is 0 Å². The highest BCUT2D eigenvalue weighted by atomic mass is 16.1. The summed E-state index contributed by atoms with van der Waals surface area (Å²) < 4.78 is 1.99. The molecule has 0 atom stereocenters. The molecule has 0 unspecified atom stereocenters. The molecule has 0 radical (unpaired) electrons. The SMILES string of the molecule is Cc1ncc(NC(=O)c2ccc3ccn(C)c3c2)cn1. The molecular weight excluding hydrogens is 252 g/mol. The lowest BCUT2D eigenvalue weighted by Gasteiger charge is -2.05. The molecule has 0 bridgehead atoms. The molecule has 20 heavy (non-hydrogen) atoms. The van der Waals surface area contributed by atoms with Gasteiger partial charge in [-0.25, -0.2) is 9.97 Å². The molecule has 2 aromatic heterocycles. The van der Waals surface area contributed by atoms with Crippen LogP contribution in [0.3, 0.4) is 0 Å². The van der Waals surface area contributed by atoms with Gasteiger partial charge in [0.05, 0.1) is 18.1 Å². The van der Waals surface area contributed by atoms with Gasteiger partial charge in [0, 0.05) is 24.3 Å². The average Bonchev–Trinajstić information content (AvgIpc) is 2.82. The van der Waals surface area contributed by atoms with Crippen molar-refractivity contribution in [3.05, 3.63) is 54.2 Å². The van der Waals surface area contributed by atoms with Crippen LogP contribution in [0.2, 0.25) is 0 Å². The van der Waals surface area contributed by atoms with Crippen LogP contribution in [-0.4, -0.2) is 20.4 Å². The van der Waals surface area contributed by atoms with Crippen molar-refractivity contribution >= 4 is 22.5 Å². The van der Waals surface area contributed by atoms with Crippen LogP contribution >= 0.6 is 0 Å². The molecule has 3 rings (SSSR count). The van der Waals surface area contributed by atoms with Gasteiger partial charge in [0.15, 0.2) is 0 Å². The van der Waals surface area contributed by atoms with Gasteiger partial charge < -0.3 is 9.88 Å². The van der Waals surface area contributed by atoms with E-state index in [1.54, 1.807) is 19.3 Å². The number of rotatable bonds is 2. The lowest BCUT2D eigenvalue weighted by Crippen LogP contribution is -2.12. The summed E-state index contributed by atoms with van der Waals surface area (Å²) in [5.74, 6) is 0.508. The zero-order valence-electron chi connectivity index (χ0n) is 11.3. The van der Waals surface area contributed by atoms with Crippen LogP contribution in [0, 0.1) is 6.92 Å². The van der Waals surface area contributed by atoms with Crippen LogP contribution in [0.15, 0.2) is 42.9 Å². The maximum atomic E-state index is 12.2. The molecule has 1 aromatic carbocycles. The number of benzene rings is 1. The second-order valence-corrected chi connectivity index (χ2v) is 4.67. The Kier molecular flexibility index (Phi) is 2.95. The number of nitrogens with one attached hydrogen (secondary N) is 1. The maximum absolute atomic E-state index is 12.2. The second kappa shape index (κ2) is 4.77. The van der Waals surface area contributed by atoms with Gasteiger partial charge in [0.2, 0.25) is 0 Å². The summed E-state index contributed by atoms with van der Waals surface area (Å²) in [6.45, 7) is 1.80. The standard InChI is InChI=1S/C15H14N4O/c1-10-16-8-13(9-17-10)18-15(20)12-4-3-11-5-6-19(2)14(11)7-12/h3-9H,1-2H3,(H,18,20). The molecule has 5 heteroatoms. The Hall–Kier alpha value is -2.69. The summed E-state index contributed by atoms with van der Waals surface area (Å²) in [6, 6.07) is 7.65. The van der Waals surface area contributed by atoms with E-state index in [2.05, 4.69) is 15.3 Å². The number of hydrogen-bond acceptors (Lipinski definition) is 3. The first-order valence-corrected chi connectivity index (χ1v) is 6.28. The van der Waals surface area contributed by atoms with Crippen LogP contribution in [0.1, 0.15) is 16.2 Å². The normalized spacial score (nSPS) is 10.7. The van der Waals surface area contributed by atoms with E-state index in [-0.39, 0.29) is 5.91 Å². The molecule has 0 aliphatic heterocycles. The minimum atomic E-state index is -0.166. The minimum Gasteiger partial charge on any atom is -0.351 e. The summed E-state index contributed by atoms with van der Waals surface area (Å²) in [6.07, 6.45) is 5.17. The highest BCUT2D eigenvalue weighted by Gasteiger charge is 2.08. The fourth-order valence-electron chi connectivity index (χ4n) is 2.06. The third-order valence-corrected chi connectivity index (χ3v) is 3.19. The molecule has 0 spiro atoms. The van der Waals surface area contributed by atoms with E-state index in [0.29, 0.717) is 17.1 Å². The van der Waals surface area contributed by atoms with Gasteiger partial charge >= 0.3 is 0 Å². The minimum absolute atomic E-state index is 0.166. The van der Waals surface area contributed by atoms with E-state index in [4.69, 9.17) is 0 Å². The van der Waals surface area contributed by atoms with Crippen molar-refractivity contribution in [1.29, 1.82) is 0 Å². The molecule has 0 saturated heterocycles. The van der Waals surface area contributed by atoms with Gasteiger partial charge in [0.25, 0.3) is 5.91 Å². The van der Waals surface area contributed by atoms with Crippen LogP contribution in [0.5, 0.6) is 0 Å². The van der Waals surface area contributed by atoms with Gasteiger partial charge in [-0.3, -0.25) is 4.79 Å². The number of carbonyl (C=O) groups excluding carboxylic acids is 1. The summed E-state index contributed by atoms with van der Waals surface area (Å²) in [7, 11) is 1.96. The number of amides is 1. The summed E-state index contributed by atoms with van der Waals surface area (Å²) in [4.78, 5) is 20.3. The van der Waals surface area contributed by atoms with Crippen molar-refractivity contribution in [2.75, 3.05) is 5.32 Å². The predicted octanol–water partition coefficient (Wildman–Crippen LogP) is 2.53. The number of aromatic nitrogens is 3. The monoisotopic (exact) mass is 266 g/mol. The number of carbonyl (C=O) groups is 1. The van der Waals surface area contributed by atoms with Crippen molar-refractivity contribution in [2.45, 2.75) is 6.92 Å². The first-order valence-electron chi connectivity index (χ1n) is 6.28. The van der Waals surface area contributed by atoms with Crippen molar-refractivity contribution in [2.24, 2.45) is 7.05 Å². The fraction of sp³-hybridized carbons (Fsp3) is 0.133. The van der Waals surface area contributed by atoms with E-state index >= 15 is 0 Å². The van der Waals surface area contributed by atoms with E-state index in [0.717, 1.165) is 10.9 Å². The van der Waals surface area contributed by atoms with Gasteiger partial charge in [-0.15, -0.1) is 0 Å². The van der Waals surface area contributed by atoms with Crippen molar-refractivity contribution in [1.82, 2.24) is 14.5 Å². The molecular formula is C15H14N4O. The molecule has 3 aromatic rings. The van der Waals surface area contributed by atoms with E-state index in [1.807, 2.05) is 42.1 Å². The first kappa shape index (κ1) is 12.3. The quantitative estimate of drug-likeness (QED) is 0.775. The first-order chi connectivity index (χ1) is 9.63. The third-order valence-electron chi connectivity index (χ3n) is 3.19. The second-order valence-electron chi connectivity index (χ2n) is 4.67. The molecule has 0 fully saturated rings. The summed E-state index contributed by atoms with van der Waals surface area (Å²) >= 11 is 0. The zero-order chi connectivity index (χ0) is 14.1. The predicted molar refractivity (Wildman–Crippen MR) is 77.6 cm³/mol. The lowest BCUT2D eigenvalue weighted by atomic mass is 10.1. The number of hydrogen-bond donors (Lipinski definition) is 1. The number of anilines is 1. The Bertz CT molecular complexity index is 774. The van der Waals surface area contributed by atoms with Crippen LogP contribution in [0.25, 0.3) is 10.9 Å². The smallest absolute Gasteiger partial charge is 0.255 e. The third kappa shape index (κ3) is 2.25. The number of aryl methyl sites for hydroxylation is 2. The van der Waals surface area contributed by atoms with Gasteiger partial charge in [-0.05, 0) is 30.5 Å². The van der Waals surface area contributed by atoms with E-state index < -0.39 is 0 Å². The molecule has 1 amide bonds. The Morgan fingerprint density at radius 3 is 2.70 bits per heavy atom. The summed E-state index contributed by atoms with van der Waals surface area (Å²) in [5, 5.41) is 3.90. The summed E-state index contributed by atoms with van der Waals surface area (Å²) in [5.41, 5.74) is 2.23. The molecule has 0 saturated carbocycles. The molecule has 1 N–H and O–H groups in total. The maximum Gasteiger partial charge on any atom is 0.255 e. The van der Waals surface area contributed by atoms with Crippen LogP contribution in [-0.2, 0) is 7.05 Å². The average molecular weight is 266 g/mol. The molecule has 2 heterocycles. The Balaban J connectivity index is 1.88. The highest BCUT2D eigenvalue weighted by Crippen LogP contribution is 2.17.